The number of hydrogen-bond acceptors (Lipinski definition) is 7. The third-order valence-electron chi connectivity index (χ3n) is 5.56. The molecule has 7 nitrogen and oxygen atoms in total. The van der Waals surface area contributed by atoms with E-state index < -0.39 is 5.97 Å². The molecular weight excluding hydrogens is 436 g/mol. The topological polar surface area (TPSA) is 72.5 Å². The Labute approximate surface area is 198 Å². The molecular formula is C27H26O7. The number of carbonyl (C=O) groups excluding carboxylic acids is 1. The molecule has 7 heteroatoms. The van der Waals surface area contributed by atoms with Crippen LogP contribution < -0.4 is 23.7 Å². The fraction of sp³-hybridized carbons (Fsp3) is 0.222. The van der Waals surface area contributed by atoms with Crippen LogP contribution >= 0.6 is 0 Å². The van der Waals surface area contributed by atoms with Crippen LogP contribution in [0.15, 0.2) is 60.7 Å². The average Bonchev–Trinajstić information content (AvgIpc) is 3.28. The zero-order valence-electron chi connectivity index (χ0n) is 19.5. The maximum absolute atomic E-state index is 12.9. The highest BCUT2D eigenvalue weighted by atomic mass is 16.5. The largest absolute Gasteiger partial charge is 0.497 e. The number of esters is 1. The van der Waals surface area contributed by atoms with Crippen LogP contribution in [-0.4, -0.2) is 41.0 Å². The first-order valence-electron chi connectivity index (χ1n) is 10.6. The van der Waals surface area contributed by atoms with Gasteiger partial charge in [0.05, 0.1) is 34.0 Å². The van der Waals surface area contributed by atoms with E-state index in [2.05, 4.69) is 0 Å². The van der Waals surface area contributed by atoms with Gasteiger partial charge in [0.2, 0.25) is 5.75 Å². The molecule has 1 heterocycles. The van der Waals surface area contributed by atoms with Gasteiger partial charge in [-0.25, -0.2) is 4.79 Å². The first-order chi connectivity index (χ1) is 16.6. The Balaban J connectivity index is 1.83. The molecule has 0 saturated heterocycles. The predicted octanol–water partition coefficient (Wildman–Crippen LogP) is 4.77. The molecule has 0 radical (unpaired) electrons. The molecule has 0 saturated carbocycles. The van der Waals surface area contributed by atoms with Gasteiger partial charge in [0.15, 0.2) is 11.5 Å². The number of benzene rings is 3. The van der Waals surface area contributed by atoms with Crippen LogP contribution in [0.5, 0.6) is 28.7 Å². The lowest BCUT2D eigenvalue weighted by Crippen LogP contribution is -2.02. The second-order valence-corrected chi connectivity index (χ2v) is 7.48. The Kier molecular flexibility index (Phi) is 6.92. The van der Waals surface area contributed by atoms with E-state index >= 15 is 0 Å². The van der Waals surface area contributed by atoms with Crippen molar-refractivity contribution in [3.63, 3.8) is 0 Å². The molecule has 0 amide bonds. The monoisotopic (exact) mass is 462 g/mol. The normalized spacial score (nSPS) is 12.9. The van der Waals surface area contributed by atoms with Gasteiger partial charge in [0, 0.05) is 11.1 Å². The summed E-state index contributed by atoms with van der Waals surface area (Å²) in [5.41, 5.74) is 3.41. The van der Waals surface area contributed by atoms with Gasteiger partial charge in [0.1, 0.15) is 24.7 Å². The SMILES string of the molecule is COc1ccc(OCc2ccccc2)c(C2=C(c3cc(OC)c(OC)c(OC)c3)C(=O)OC2)c1. The molecule has 4 rings (SSSR count). The van der Waals surface area contributed by atoms with Crippen molar-refractivity contribution in [3.05, 3.63) is 77.4 Å². The molecule has 1 aliphatic heterocycles. The van der Waals surface area contributed by atoms with Crippen LogP contribution in [-0.2, 0) is 16.1 Å². The average molecular weight is 462 g/mol. The van der Waals surface area contributed by atoms with E-state index in [1.807, 2.05) is 48.5 Å². The van der Waals surface area contributed by atoms with Crippen molar-refractivity contribution in [2.45, 2.75) is 6.61 Å². The van der Waals surface area contributed by atoms with E-state index in [-0.39, 0.29) is 6.61 Å². The van der Waals surface area contributed by atoms with Crippen LogP contribution in [0.3, 0.4) is 0 Å². The van der Waals surface area contributed by atoms with E-state index in [0.29, 0.717) is 57.6 Å². The van der Waals surface area contributed by atoms with Crippen molar-refractivity contribution in [1.82, 2.24) is 0 Å². The van der Waals surface area contributed by atoms with Crippen molar-refractivity contribution in [3.8, 4) is 28.7 Å². The second-order valence-electron chi connectivity index (χ2n) is 7.48. The Morgan fingerprint density at radius 3 is 2.12 bits per heavy atom. The molecule has 1 aliphatic rings. The van der Waals surface area contributed by atoms with E-state index in [1.54, 1.807) is 19.2 Å². The fourth-order valence-corrected chi connectivity index (χ4v) is 3.87. The molecule has 0 aliphatic carbocycles. The van der Waals surface area contributed by atoms with Crippen molar-refractivity contribution in [2.24, 2.45) is 0 Å². The molecule has 0 unspecified atom stereocenters. The number of ether oxygens (including phenoxy) is 6. The van der Waals surface area contributed by atoms with Crippen LogP contribution in [0.25, 0.3) is 11.1 Å². The number of methoxy groups -OCH3 is 4. The zero-order chi connectivity index (χ0) is 24.1. The molecule has 0 aromatic heterocycles. The molecule has 34 heavy (non-hydrogen) atoms. The van der Waals surface area contributed by atoms with Gasteiger partial charge < -0.3 is 28.4 Å². The highest BCUT2D eigenvalue weighted by molar-refractivity contribution is 6.27. The third-order valence-corrected chi connectivity index (χ3v) is 5.56. The molecule has 0 N–H and O–H groups in total. The lowest BCUT2D eigenvalue weighted by Gasteiger charge is -2.16. The molecule has 0 spiro atoms. The quantitative estimate of drug-likeness (QED) is 0.424. The Morgan fingerprint density at radius 1 is 0.794 bits per heavy atom. The smallest absolute Gasteiger partial charge is 0.339 e. The summed E-state index contributed by atoms with van der Waals surface area (Å²) in [5.74, 6) is 2.13. The van der Waals surface area contributed by atoms with E-state index in [1.165, 1.54) is 21.3 Å². The standard InChI is InChI=1S/C27H26O7/c1-29-19-10-11-22(33-15-17-8-6-5-7-9-17)20(14-19)21-16-34-27(28)25(21)18-12-23(30-2)26(32-4)24(13-18)31-3/h5-14H,15-16H2,1-4H3. The van der Waals surface area contributed by atoms with E-state index in [0.717, 1.165) is 5.56 Å². The molecule has 176 valence electrons. The minimum absolute atomic E-state index is 0.0969. The Hall–Kier alpha value is -4.13. The summed E-state index contributed by atoms with van der Waals surface area (Å²) in [6.07, 6.45) is 0. The summed E-state index contributed by atoms with van der Waals surface area (Å²) >= 11 is 0. The summed E-state index contributed by atoms with van der Waals surface area (Å²) in [6, 6.07) is 18.8. The van der Waals surface area contributed by atoms with Gasteiger partial charge >= 0.3 is 5.97 Å². The zero-order valence-corrected chi connectivity index (χ0v) is 19.5. The van der Waals surface area contributed by atoms with E-state index in [4.69, 9.17) is 28.4 Å². The van der Waals surface area contributed by atoms with Crippen LogP contribution in [0, 0.1) is 0 Å². The summed E-state index contributed by atoms with van der Waals surface area (Å²) in [5, 5.41) is 0. The van der Waals surface area contributed by atoms with Gasteiger partial charge in [-0.2, -0.15) is 0 Å². The van der Waals surface area contributed by atoms with Crippen molar-refractivity contribution >= 4 is 17.1 Å². The first-order valence-corrected chi connectivity index (χ1v) is 10.6. The lowest BCUT2D eigenvalue weighted by molar-refractivity contribution is -0.133. The number of hydrogen-bond donors (Lipinski definition) is 0. The summed E-state index contributed by atoms with van der Waals surface area (Å²) in [6.45, 7) is 0.474. The third kappa shape index (κ3) is 4.50. The number of carbonyl (C=O) groups is 1. The van der Waals surface area contributed by atoms with Crippen molar-refractivity contribution in [1.29, 1.82) is 0 Å². The van der Waals surface area contributed by atoms with E-state index in [9.17, 15) is 4.79 Å². The van der Waals surface area contributed by atoms with Crippen LogP contribution in [0.2, 0.25) is 0 Å². The number of cyclic esters (lactones) is 1. The highest BCUT2D eigenvalue weighted by Crippen LogP contribution is 2.44. The van der Waals surface area contributed by atoms with Gasteiger partial charge in [-0.05, 0) is 41.5 Å². The fourth-order valence-electron chi connectivity index (χ4n) is 3.87. The highest BCUT2D eigenvalue weighted by Gasteiger charge is 2.31. The maximum Gasteiger partial charge on any atom is 0.339 e. The second kappa shape index (κ2) is 10.2. The summed E-state index contributed by atoms with van der Waals surface area (Å²) in [4.78, 5) is 12.9. The Morgan fingerprint density at radius 2 is 1.50 bits per heavy atom. The summed E-state index contributed by atoms with van der Waals surface area (Å²) in [7, 11) is 6.18. The Bertz CT molecular complexity index is 1190. The molecule has 0 bridgehead atoms. The minimum Gasteiger partial charge on any atom is -0.497 e. The van der Waals surface area contributed by atoms with Gasteiger partial charge in [-0.1, -0.05) is 30.3 Å². The van der Waals surface area contributed by atoms with Crippen LogP contribution in [0.4, 0.5) is 0 Å². The predicted molar refractivity (Wildman–Crippen MR) is 128 cm³/mol. The summed E-state index contributed by atoms with van der Waals surface area (Å²) < 4.78 is 33.4. The maximum atomic E-state index is 12.9. The lowest BCUT2D eigenvalue weighted by atomic mass is 9.95. The van der Waals surface area contributed by atoms with Crippen molar-refractivity contribution < 1.29 is 33.2 Å². The van der Waals surface area contributed by atoms with Crippen LogP contribution in [0.1, 0.15) is 16.7 Å². The molecule has 3 aromatic rings. The number of rotatable bonds is 9. The minimum atomic E-state index is -0.443. The molecule has 0 fully saturated rings. The first kappa shape index (κ1) is 23.0. The molecule has 3 aromatic carbocycles. The van der Waals surface area contributed by atoms with Gasteiger partial charge in [-0.3, -0.25) is 0 Å². The molecule has 0 atom stereocenters. The van der Waals surface area contributed by atoms with Crippen molar-refractivity contribution in [2.75, 3.05) is 35.0 Å². The van der Waals surface area contributed by atoms with Gasteiger partial charge in [-0.15, -0.1) is 0 Å². The van der Waals surface area contributed by atoms with Gasteiger partial charge in [0.25, 0.3) is 0 Å².